The monoisotopic (exact) mass is 552 g/mol. The maximum Gasteiger partial charge on any atom is 0.255 e. The van der Waals surface area contributed by atoms with Gasteiger partial charge in [0.2, 0.25) is 0 Å². The summed E-state index contributed by atoms with van der Waals surface area (Å²) in [6.07, 6.45) is 0. The van der Waals surface area contributed by atoms with Crippen molar-refractivity contribution in [1.82, 2.24) is 9.97 Å². The van der Waals surface area contributed by atoms with Gasteiger partial charge >= 0.3 is 0 Å². The van der Waals surface area contributed by atoms with Gasteiger partial charge in [-0.25, -0.2) is 4.98 Å². The van der Waals surface area contributed by atoms with Crippen molar-refractivity contribution in [3.8, 4) is 34.4 Å². The van der Waals surface area contributed by atoms with Crippen molar-refractivity contribution in [2.45, 2.75) is 0 Å². The summed E-state index contributed by atoms with van der Waals surface area (Å²) in [7, 11) is 6.12. The van der Waals surface area contributed by atoms with Crippen molar-refractivity contribution < 1.29 is 28.5 Å². The van der Waals surface area contributed by atoms with Gasteiger partial charge in [-0.2, -0.15) is 0 Å². The number of nitrogens with zero attached hydrogens (tertiary/aromatic N) is 1. The summed E-state index contributed by atoms with van der Waals surface area (Å²) in [5, 5.41) is 5.78. The summed E-state index contributed by atoms with van der Waals surface area (Å²) < 4.78 is 21.0. The number of nitrogens with one attached hydrogen (secondary N) is 3. The highest BCUT2D eigenvalue weighted by Crippen LogP contribution is 2.30. The van der Waals surface area contributed by atoms with Crippen LogP contribution in [0.15, 0.2) is 78.9 Å². The van der Waals surface area contributed by atoms with Gasteiger partial charge in [-0.05, 0) is 78.9 Å². The second-order valence-corrected chi connectivity index (χ2v) is 8.94. The number of fused-ring (bicyclic) bond motifs is 1. The van der Waals surface area contributed by atoms with Crippen molar-refractivity contribution in [3.05, 3.63) is 90.0 Å². The molecule has 0 unspecified atom stereocenters. The molecule has 41 heavy (non-hydrogen) atoms. The van der Waals surface area contributed by atoms with Crippen LogP contribution in [-0.2, 0) is 0 Å². The zero-order valence-electron chi connectivity index (χ0n) is 22.9. The highest BCUT2D eigenvalue weighted by molar-refractivity contribution is 6.06. The third-order valence-corrected chi connectivity index (χ3v) is 6.45. The first-order valence-electron chi connectivity index (χ1n) is 12.6. The number of hydrogen-bond donors (Lipinski definition) is 3. The number of carbonyl (C=O) groups is 2. The van der Waals surface area contributed by atoms with Gasteiger partial charge in [0.15, 0.2) is 23.0 Å². The standard InChI is InChI=1S/C31H28N4O6/c1-38-25-13-7-19(15-27(25)40-3)30(36)32-21-9-5-18(6-10-21)29-34-23-12-11-22(17-24(23)35-29)33-31(37)20-8-14-26(39-2)28(16-20)41-4/h5-17H,1-4H3,(H,32,36)(H,33,37)(H,34,35). The SMILES string of the molecule is COc1ccc(C(=O)Nc2ccc(-c3nc4cc(NC(=O)c5ccc(OC)c(OC)c5)ccc4[nH]3)cc2)cc1OC. The predicted molar refractivity (Wildman–Crippen MR) is 157 cm³/mol. The van der Waals surface area contributed by atoms with Gasteiger partial charge in [-0.15, -0.1) is 0 Å². The van der Waals surface area contributed by atoms with E-state index in [0.29, 0.717) is 56.8 Å². The van der Waals surface area contributed by atoms with Crippen LogP contribution >= 0.6 is 0 Å². The molecule has 10 nitrogen and oxygen atoms in total. The van der Waals surface area contributed by atoms with Crippen molar-refractivity contribution in [1.29, 1.82) is 0 Å². The lowest BCUT2D eigenvalue weighted by atomic mass is 10.1. The van der Waals surface area contributed by atoms with Crippen molar-refractivity contribution in [3.63, 3.8) is 0 Å². The summed E-state index contributed by atoms with van der Waals surface area (Å²) in [5.74, 6) is 2.13. The molecule has 0 aliphatic carbocycles. The number of aromatic nitrogens is 2. The Hall–Kier alpha value is -5.51. The minimum Gasteiger partial charge on any atom is -0.493 e. The molecule has 0 aliphatic heterocycles. The molecule has 0 aliphatic rings. The van der Waals surface area contributed by atoms with E-state index in [-0.39, 0.29) is 11.8 Å². The fraction of sp³-hybridized carbons (Fsp3) is 0.129. The summed E-state index contributed by atoms with van der Waals surface area (Å²) in [5.41, 5.74) is 4.45. The van der Waals surface area contributed by atoms with Crippen LogP contribution in [0.2, 0.25) is 0 Å². The van der Waals surface area contributed by atoms with Gasteiger partial charge in [-0.1, -0.05) is 0 Å². The first-order valence-corrected chi connectivity index (χ1v) is 12.6. The third-order valence-electron chi connectivity index (χ3n) is 6.45. The number of hydrogen-bond acceptors (Lipinski definition) is 7. The maximum absolute atomic E-state index is 12.8. The normalized spacial score (nSPS) is 10.6. The molecular formula is C31H28N4O6. The van der Waals surface area contributed by atoms with E-state index in [4.69, 9.17) is 23.9 Å². The van der Waals surface area contributed by atoms with Crippen molar-refractivity contribution >= 4 is 34.2 Å². The van der Waals surface area contributed by atoms with Gasteiger partial charge in [0.1, 0.15) is 5.82 Å². The number of amides is 2. The minimum absolute atomic E-state index is 0.273. The molecule has 0 fully saturated rings. The zero-order chi connectivity index (χ0) is 28.9. The first-order chi connectivity index (χ1) is 19.9. The van der Waals surface area contributed by atoms with Crippen LogP contribution in [0.5, 0.6) is 23.0 Å². The average molecular weight is 553 g/mol. The molecule has 5 aromatic rings. The molecule has 4 aromatic carbocycles. The second-order valence-electron chi connectivity index (χ2n) is 8.94. The largest absolute Gasteiger partial charge is 0.493 e. The topological polar surface area (TPSA) is 124 Å². The number of methoxy groups -OCH3 is 4. The Morgan fingerprint density at radius 2 is 1.12 bits per heavy atom. The average Bonchev–Trinajstić information content (AvgIpc) is 3.44. The Morgan fingerprint density at radius 1 is 0.610 bits per heavy atom. The lowest BCUT2D eigenvalue weighted by Crippen LogP contribution is -2.12. The fourth-order valence-electron chi connectivity index (χ4n) is 4.29. The predicted octanol–water partition coefficient (Wildman–Crippen LogP) is 5.77. The summed E-state index contributed by atoms with van der Waals surface area (Å²) in [4.78, 5) is 33.6. The fourth-order valence-corrected chi connectivity index (χ4v) is 4.29. The van der Waals surface area contributed by atoms with Gasteiger partial charge < -0.3 is 34.6 Å². The highest BCUT2D eigenvalue weighted by Gasteiger charge is 2.14. The Kier molecular flexibility index (Phi) is 7.73. The Bertz CT molecular complexity index is 1730. The molecule has 0 bridgehead atoms. The third kappa shape index (κ3) is 5.76. The van der Waals surface area contributed by atoms with Gasteiger partial charge in [0, 0.05) is 28.1 Å². The zero-order valence-corrected chi connectivity index (χ0v) is 22.9. The molecule has 1 aromatic heterocycles. The number of ether oxygens (including phenoxy) is 4. The highest BCUT2D eigenvalue weighted by atomic mass is 16.5. The van der Waals surface area contributed by atoms with Crippen LogP contribution < -0.4 is 29.6 Å². The molecule has 2 amide bonds. The molecule has 0 saturated carbocycles. The van der Waals surface area contributed by atoms with Crippen LogP contribution in [0.4, 0.5) is 11.4 Å². The quantitative estimate of drug-likeness (QED) is 0.212. The Labute approximate surface area is 236 Å². The number of imidazole rings is 1. The van der Waals surface area contributed by atoms with E-state index >= 15 is 0 Å². The van der Waals surface area contributed by atoms with Crippen LogP contribution in [0, 0.1) is 0 Å². The first kappa shape index (κ1) is 27.1. The summed E-state index contributed by atoms with van der Waals surface area (Å²) in [6, 6.07) is 22.7. The molecule has 5 rings (SSSR count). The van der Waals surface area contributed by atoms with E-state index < -0.39 is 0 Å². The number of carbonyl (C=O) groups excluding carboxylic acids is 2. The minimum atomic E-state index is -0.285. The van der Waals surface area contributed by atoms with Gasteiger partial charge in [0.25, 0.3) is 11.8 Å². The van der Waals surface area contributed by atoms with Crippen LogP contribution in [0.25, 0.3) is 22.4 Å². The van der Waals surface area contributed by atoms with Crippen LogP contribution in [0.3, 0.4) is 0 Å². The smallest absolute Gasteiger partial charge is 0.255 e. The molecule has 3 N–H and O–H groups in total. The number of rotatable bonds is 9. The molecule has 0 radical (unpaired) electrons. The number of H-pyrrole nitrogens is 1. The van der Waals surface area contributed by atoms with E-state index in [9.17, 15) is 9.59 Å². The maximum atomic E-state index is 12.8. The molecule has 0 atom stereocenters. The number of aromatic amines is 1. The number of anilines is 2. The van der Waals surface area contributed by atoms with E-state index in [1.807, 2.05) is 18.2 Å². The van der Waals surface area contributed by atoms with E-state index in [2.05, 4.69) is 15.6 Å². The molecular weight excluding hydrogens is 524 g/mol. The van der Waals surface area contributed by atoms with Gasteiger partial charge in [-0.3, -0.25) is 9.59 Å². The molecule has 10 heteroatoms. The molecule has 0 spiro atoms. The van der Waals surface area contributed by atoms with Crippen molar-refractivity contribution in [2.75, 3.05) is 39.1 Å². The number of benzene rings is 4. The Balaban J connectivity index is 1.28. The lowest BCUT2D eigenvalue weighted by molar-refractivity contribution is 0.101. The second kappa shape index (κ2) is 11.7. The molecule has 208 valence electrons. The van der Waals surface area contributed by atoms with E-state index in [0.717, 1.165) is 11.1 Å². The Morgan fingerprint density at radius 3 is 1.66 bits per heavy atom. The van der Waals surface area contributed by atoms with Gasteiger partial charge in [0.05, 0.1) is 39.5 Å². The van der Waals surface area contributed by atoms with Crippen LogP contribution in [-0.4, -0.2) is 50.2 Å². The molecule has 1 heterocycles. The van der Waals surface area contributed by atoms with Crippen LogP contribution in [0.1, 0.15) is 20.7 Å². The lowest BCUT2D eigenvalue weighted by Gasteiger charge is -2.10. The molecule has 0 saturated heterocycles. The van der Waals surface area contributed by atoms with E-state index in [1.165, 1.54) is 14.2 Å². The summed E-state index contributed by atoms with van der Waals surface area (Å²) >= 11 is 0. The van der Waals surface area contributed by atoms with Crippen molar-refractivity contribution in [2.24, 2.45) is 0 Å². The van der Waals surface area contributed by atoms with E-state index in [1.54, 1.807) is 74.9 Å². The summed E-state index contributed by atoms with van der Waals surface area (Å²) in [6.45, 7) is 0.